The minimum Gasteiger partial charge on any atom is -0.462 e. The molecule has 0 unspecified atom stereocenters. The van der Waals surface area contributed by atoms with Gasteiger partial charge in [0.25, 0.3) is 0 Å². The van der Waals surface area contributed by atoms with Crippen molar-refractivity contribution in [2.24, 2.45) is 5.41 Å². The summed E-state index contributed by atoms with van der Waals surface area (Å²) in [7, 11) is 0. The van der Waals surface area contributed by atoms with Crippen molar-refractivity contribution in [1.29, 1.82) is 0 Å². The summed E-state index contributed by atoms with van der Waals surface area (Å²) >= 11 is 0. The summed E-state index contributed by atoms with van der Waals surface area (Å²) < 4.78 is 11.8. The lowest BCUT2D eigenvalue weighted by Gasteiger charge is -2.33. The van der Waals surface area contributed by atoms with Crippen LogP contribution in [0, 0.1) is 5.41 Å². The maximum atomic E-state index is 13.3. The Bertz CT molecular complexity index is 595. The molecule has 3 rings (SSSR count). The highest BCUT2D eigenvalue weighted by Gasteiger charge is 2.49. The summed E-state index contributed by atoms with van der Waals surface area (Å²) in [6, 6.07) is 9.75. The van der Waals surface area contributed by atoms with Crippen LogP contribution >= 0.6 is 0 Å². The third kappa shape index (κ3) is 5.15. The fourth-order valence-corrected chi connectivity index (χ4v) is 4.48. The smallest absolute Gasteiger partial charge is 0.324 e. The fraction of sp³-hybridized carbons (Fsp3) is 0.667. The Hall–Kier alpha value is -1.84. The summed E-state index contributed by atoms with van der Waals surface area (Å²) in [6.45, 7) is 1.90. The molecular weight excluding hydrogens is 352 g/mol. The molecule has 0 saturated heterocycles. The molecule has 2 aliphatic rings. The number of esters is 2. The van der Waals surface area contributed by atoms with E-state index in [0.717, 1.165) is 56.9 Å². The second kappa shape index (κ2) is 10.1. The van der Waals surface area contributed by atoms with Gasteiger partial charge in [0, 0.05) is 0 Å². The Labute approximate surface area is 169 Å². The maximum absolute atomic E-state index is 13.3. The van der Waals surface area contributed by atoms with Crippen molar-refractivity contribution in [2.45, 2.75) is 96.2 Å². The number of carbonyl (C=O) groups is 2. The van der Waals surface area contributed by atoms with E-state index in [9.17, 15) is 9.59 Å². The van der Waals surface area contributed by atoms with E-state index in [2.05, 4.69) is 0 Å². The highest BCUT2D eigenvalue weighted by atomic mass is 16.6. The van der Waals surface area contributed by atoms with Gasteiger partial charge in [0.15, 0.2) is 5.41 Å². The first-order valence-electron chi connectivity index (χ1n) is 11.1. The third-order valence-corrected chi connectivity index (χ3v) is 6.39. The van der Waals surface area contributed by atoms with Gasteiger partial charge in [-0.3, -0.25) is 9.59 Å². The molecule has 0 radical (unpaired) electrons. The summed E-state index contributed by atoms with van der Waals surface area (Å²) in [5, 5.41) is 0. The SMILES string of the molecule is CCC(Cc1ccccc1)(C(=O)OC1CCCCC1)C(=O)OC1CCCCC1. The molecular formula is C24H34O4. The number of rotatable bonds is 7. The van der Waals surface area contributed by atoms with Gasteiger partial charge in [-0.1, -0.05) is 50.1 Å². The standard InChI is InChI=1S/C24H34O4/c1-2-24(18-19-12-6-3-7-13-19,22(25)27-20-14-8-4-9-15-20)23(26)28-21-16-10-5-11-17-21/h3,6-7,12-13,20-21H,2,4-5,8-11,14-18H2,1H3. The van der Waals surface area contributed by atoms with E-state index < -0.39 is 17.4 Å². The molecule has 0 heterocycles. The van der Waals surface area contributed by atoms with Crippen LogP contribution in [0.3, 0.4) is 0 Å². The fourth-order valence-electron chi connectivity index (χ4n) is 4.48. The van der Waals surface area contributed by atoms with Gasteiger partial charge in [0.2, 0.25) is 0 Å². The molecule has 0 bridgehead atoms. The molecule has 1 aromatic rings. The molecule has 0 aliphatic heterocycles. The van der Waals surface area contributed by atoms with Gasteiger partial charge < -0.3 is 9.47 Å². The van der Waals surface area contributed by atoms with E-state index in [1.807, 2.05) is 37.3 Å². The van der Waals surface area contributed by atoms with Gasteiger partial charge in [-0.2, -0.15) is 0 Å². The third-order valence-electron chi connectivity index (χ3n) is 6.39. The average molecular weight is 387 g/mol. The predicted molar refractivity (Wildman–Crippen MR) is 109 cm³/mol. The molecule has 28 heavy (non-hydrogen) atoms. The van der Waals surface area contributed by atoms with Gasteiger partial charge in [-0.05, 0) is 69.8 Å². The van der Waals surface area contributed by atoms with E-state index in [-0.39, 0.29) is 12.2 Å². The highest BCUT2D eigenvalue weighted by Crippen LogP contribution is 2.35. The van der Waals surface area contributed by atoms with Gasteiger partial charge >= 0.3 is 11.9 Å². The minimum absolute atomic E-state index is 0.0644. The molecule has 2 aliphatic carbocycles. The van der Waals surface area contributed by atoms with Crippen LogP contribution in [0.5, 0.6) is 0 Å². The lowest BCUT2D eigenvalue weighted by molar-refractivity contribution is -0.180. The Kier molecular flexibility index (Phi) is 7.52. The molecule has 0 amide bonds. The largest absolute Gasteiger partial charge is 0.462 e. The van der Waals surface area contributed by atoms with E-state index in [1.54, 1.807) is 0 Å². The second-order valence-corrected chi connectivity index (χ2v) is 8.43. The molecule has 0 spiro atoms. The van der Waals surface area contributed by atoms with Crippen LogP contribution in [-0.2, 0) is 25.5 Å². The molecule has 4 heteroatoms. The molecule has 154 valence electrons. The molecule has 0 aromatic heterocycles. The first kappa shape index (κ1) is 20.9. The van der Waals surface area contributed by atoms with Crippen molar-refractivity contribution in [2.75, 3.05) is 0 Å². The van der Waals surface area contributed by atoms with Crippen molar-refractivity contribution in [3.63, 3.8) is 0 Å². The van der Waals surface area contributed by atoms with Crippen LogP contribution in [0.25, 0.3) is 0 Å². The van der Waals surface area contributed by atoms with Crippen LogP contribution in [-0.4, -0.2) is 24.1 Å². The summed E-state index contributed by atoms with van der Waals surface area (Å²) in [5.74, 6) is -0.793. The van der Waals surface area contributed by atoms with Crippen molar-refractivity contribution in [3.05, 3.63) is 35.9 Å². The minimum atomic E-state index is -1.25. The number of benzene rings is 1. The Morgan fingerprint density at radius 2 is 1.29 bits per heavy atom. The average Bonchev–Trinajstić information content (AvgIpc) is 2.74. The number of ether oxygens (including phenoxy) is 2. The second-order valence-electron chi connectivity index (χ2n) is 8.43. The number of hydrogen-bond acceptors (Lipinski definition) is 4. The first-order valence-corrected chi connectivity index (χ1v) is 11.1. The van der Waals surface area contributed by atoms with Crippen LogP contribution in [0.1, 0.15) is 83.1 Å². The molecule has 2 saturated carbocycles. The van der Waals surface area contributed by atoms with Crippen LogP contribution < -0.4 is 0 Å². The van der Waals surface area contributed by atoms with Crippen molar-refractivity contribution >= 4 is 11.9 Å². The van der Waals surface area contributed by atoms with Crippen LogP contribution in [0.2, 0.25) is 0 Å². The van der Waals surface area contributed by atoms with Gasteiger partial charge in [0.1, 0.15) is 12.2 Å². The van der Waals surface area contributed by atoms with Gasteiger partial charge in [-0.15, -0.1) is 0 Å². The zero-order valence-electron chi connectivity index (χ0n) is 17.2. The molecule has 4 nitrogen and oxygen atoms in total. The Morgan fingerprint density at radius 3 is 1.71 bits per heavy atom. The molecule has 2 fully saturated rings. The van der Waals surface area contributed by atoms with Crippen LogP contribution in [0.4, 0.5) is 0 Å². The number of hydrogen-bond donors (Lipinski definition) is 0. The van der Waals surface area contributed by atoms with Gasteiger partial charge in [0.05, 0.1) is 0 Å². The maximum Gasteiger partial charge on any atom is 0.324 e. The quantitative estimate of drug-likeness (QED) is 0.466. The number of carbonyl (C=O) groups excluding carboxylic acids is 2. The van der Waals surface area contributed by atoms with E-state index >= 15 is 0 Å². The molecule has 1 aromatic carbocycles. The first-order chi connectivity index (χ1) is 13.6. The summed E-state index contributed by atoms with van der Waals surface area (Å²) in [5.41, 5.74) is -0.290. The Balaban J connectivity index is 1.79. The zero-order chi connectivity index (χ0) is 19.8. The highest BCUT2D eigenvalue weighted by molar-refractivity contribution is 6.00. The van der Waals surface area contributed by atoms with E-state index in [1.165, 1.54) is 12.8 Å². The topological polar surface area (TPSA) is 52.6 Å². The monoisotopic (exact) mass is 386 g/mol. The lowest BCUT2D eigenvalue weighted by Crippen LogP contribution is -2.46. The van der Waals surface area contributed by atoms with Crippen molar-refractivity contribution in [1.82, 2.24) is 0 Å². The molecule has 0 N–H and O–H groups in total. The Morgan fingerprint density at radius 1 is 0.821 bits per heavy atom. The predicted octanol–water partition coefficient (Wildman–Crippen LogP) is 5.38. The lowest BCUT2D eigenvalue weighted by atomic mass is 9.78. The van der Waals surface area contributed by atoms with Crippen LogP contribution in [0.15, 0.2) is 30.3 Å². The summed E-state index contributed by atoms with van der Waals surface area (Å²) in [6.07, 6.45) is 10.9. The van der Waals surface area contributed by atoms with Crippen molar-refractivity contribution in [3.8, 4) is 0 Å². The van der Waals surface area contributed by atoms with Crippen molar-refractivity contribution < 1.29 is 19.1 Å². The molecule has 0 atom stereocenters. The zero-order valence-corrected chi connectivity index (χ0v) is 17.2. The van der Waals surface area contributed by atoms with E-state index in [0.29, 0.717) is 12.8 Å². The summed E-state index contributed by atoms with van der Waals surface area (Å²) in [4.78, 5) is 26.7. The van der Waals surface area contributed by atoms with E-state index in [4.69, 9.17) is 9.47 Å². The normalized spacial score (nSPS) is 19.2. The van der Waals surface area contributed by atoms with Gasteiger partial charge in [-0.25, -0.2) is 0 Å².